The summed E-state index contributed by atoms with van der Waals surface area (Å²) >= 11 is 0. The predicted octanol–water partition coefficient (Wildman–Crippen LogP) is -1.06. The first kappa shape index (κ1) is 13.3. The summed E-state index contributed by atoms with van der Waals surface area (Å²) in [6.07, 6.45) is 2.23. The van der Waals surface area contributed by atoms with Crippen LogP contribution in [0.3, 0.4) is 0 Å². The number of hydrogen-bond donors (Lipinski definition) is 1. The van der Waals surface area contributed by atoms with Gasteiger partial charge in [0.1, 0.15) is 12.9 Å². The molecule has 0 radical (unpaired) electrons. The third-order valence-corrected chi connectivity index (χ3v) is 3.15. The first-order valence-corrected chi connectivity index (χ1v) is 6.24. The standard InChI is InChI=1S/C11H18N6O2/c1-9(18)15-3-2-4-16(6-5-15)10(19)7-17-8-13-11(12)14-17/h8H,2-7H2,1H3,(H2,12,14). The number of aromatic nitrogens is 3. The second kappa shape index (κ2) is 5.68. The molecule has 0 atom stereocenters. The Hall–Kier alpha value is -2.12. The predicted molar refractivity (Wildman–Crippen MR) is 67.9 cm³/mol. The quantitative estimate of drug-likeness (QED) is 0.736. The smallest absolute Gasteiger partial charge is 0.244 e. The van der Waals surface area contributed by atoms with E-state index in [1.165, 1.54) is 11.0 Å². The van der Waals surface area contributed by atoms with Crippen LogP contribution in [-0.4, -0.2) is 62.6 Å². The lowest BCUT2D eigenvalue weighted by atomic mass is 10.3. The van der Waals surface area contributed by atoms with Gasteiger partial charge in [-0.25, -0.2) is 9.67 Å². The molecule has 2 amide bonds. The van der Waals surface area contributed by atoms with Crippen molar-refractivity contribution in [1.29, 1.82) is 0 Å². The van der Waals surface area contributed by atoms with E-state index in [0.717, 1.165) is 6.42 Å². The van der Waals surface area contributed by atoms with Gasteiger partial charge < -0.3 is 15.5 Å². The molecule has 0 bridgehead atoms. The molecule has 2 heterocycles. The summed E-state index contributed by atoms with van der Waals surface area (Å²) in [5.41, 5.74) is 5.40. The summed E-state index contributed by atoms with van der Waals surface area (Å²) < 4.78 is 1.42. The van der Waals surface area contributed by atoms with Gasteiger partial charge in [-0.1, -0.05) is 0 Å². The van der Waals surface area contributed by atoms with Gasteiger partial charge in [-0.3, -0.25) is 9.59 Å². The minimum absolute atomic E-state index is 0.0321. The van der Waals surface area contributed by atoms with Gasteiger partial charge >= 0.3 is 0 Å². The summed E-state index contributed by atoms with van der Waals surface area (Å²) in [6, 6.07) is 0. The maximum absolute atomic E-state index is 12.1. The fourth-order valence-electron chi connectivity index (χ4n) is 2.11. The van der Waals surface area contributed by atoms with Crippen LogP contribution in [-0.2, 0) is 16.1 Å². The van der Waals surface area contributed by atoms with E-state index in [4.69, 9.17) is 5.73 Å². The van der Waals surface area contributed by atoms with E-state index < -0.39 is 0 Å². The number of carbonyl (C=O) groups excluding carboxylic acids is 2. The fraction of sp³-hybridized carbons (Fsp3) is 0.636. The van der Waals surface area contributed by atoms with Crippen LogP contribution in [0.15, 0.2) is 6.33 Å². The third-order valence-electron chi connectivity index (χ3n) is 3.15. The highest BCUT2D eigenvalue weighted by molar-refractivity contribution is 5.76. The first-order chi connectivity index (χ1) is 9.06. The number of hydrogen-bond acceptors (Lipinski definition) is 5. The summed E-state index contributed by atoms with van der Waals surface area (Å²) in [5.74, 6) is 0.181. The normalized spacial score (nSPS) is 16.3. The fourth-order valence-corrected chi connectivity index (χ4v) is 2.11. The van der Waals surface area contributed by atoms with Gasteiger partial charge in [-0.15, -0.1) is 5.10 Å². The van der Waals surface area contributed by atoms with Gasteiger partial charge in [0.2, 0.25) is 17.8 Å². The van der Waals surface area contributed by atoms with Crippen LogP contribution in [0, 0.1) is 0 Å². The van der Waals surface area contributed by atoms with E-state index in [9.17, 15) is 9.59 Å². The first-order valence-electron chi connectivity index (χ1n) is 6.24. The Labute approximate surface area is 111 Å². The number of rotatable bonds is 2. The van der Waals surface area contributed by atoms with Crippen LogP contribution in [0.4, 0.5) is 5.95 Å². The second-order valence-corrected chi connectivity index (χ2v) is 4.54. The Bertz CT molecular complexity index is 472. The molecule has 1 fully saturated rings. The molecule has 0 aliphatic carbocycles. The second-order valence-electron chi connectivity index (χ2n) is 4.54. The van der Waals surface area contributed by atoms with E-state index >= 15 is 0 Å². The van der Waals surface area contributed by atoms with Crippen molar-refractivity contribution in [1.82, 2.24) is 24.6 Å². The van der Waals surface area contributed by atoms with Crippen LogP contribution >= 0.6 is 0 Å². The van der Waals surface area contributed by atoms with Gasteiger partial charge in [0.05, 0.1) is 0 Å². The summed E-state index contributed by atoms with van der Waals surface area (Å²) in [7, 11) is 0. The maximum atomic E-state index is 12.1. The highest BCUT2D eigenvalue weighted by Crippen LogP contribution is 2.05. The molecule has 0 saturated carbocycles. The minimum Gasteiger partial charge on any atom is -0.367 e. The third kappa shape index (κ3) is 3.43. The van der Waals surface area contributed by atoms with Gasteiger partial charge in [0.25, 0.3) is 0 Å². The Morgan fingerprint density at radius 2 is 1.95 bits per heavy atom. The van der Waals surface area contributed by atoms with Crippen molar-refractivity contribution in [3.05, 3.63) is 6.33 Å². The van der Waals surface area contributed by atoms with Crippen molar-refractivity contribution in [3.63, 3.8) is 0 Å². The Morgan fingerprint density at radius 3 is 2.58 bits per heavy atom. The molecule has 8 heteroatoms. The van der Waals surface area contributed by atoms with Crippen LogP contribution in [0.2, 0.25) is 0 Å². The zero-order valence-electron chi connectivity index (χ0n) is 10.9. The number of carbonyl (C=O) groups is 2. The maximum Gasteiger partial charge on any atom is 0.244 e. The molecular formula is C11H18N6O2. The number of nitrogens with zero attached hydrogens (tertiary/aromatic N) is 5. The molecule has 0 spiro atoms. The summed E-state index contributed by atoms with van der Waals surface area (Å²) in [4.78, 5) is 30.7. The molecule has 104 valence electrons. The molecule has 19 heavy (non-hydrogen) atoms. The number of amides is 2. The van der Waals surface area contributed by atoms with Crippen molar-refractivity contribution >= 4 is 17.8 Å². The zero-order chi connectivity index (χ0) is 13.8. The summed E-state index contributed by atoms with van der Waals surface area (Å²) in [6.45, 7) is 4.19. The highest BCUT2D eigenvalue weighted by atomic mass is 16.2. The molecule has 1 aliphatic rings. The summed E-state index contributed by atoms with van der Waals surface area (Å²) in [5, 5.41) is 3.88. The van der Waals surface area contributed by atoms with Crippen molar-refractivity contribution in [2.45, 2.75) is 19.9 Å². The largest absolute Gasteiger partial charge is 0.367 e. The topological polar surface area (TPSA) is 97.4 Å². The molecule has 1 aliphatic heterocycles. The van der Waals surface area contributed by atoms with Crippen molar-refractivity contribution in [2.24, 2.45) is 0 Å². The number of nitrogens with two attached hydrogens (primary N) is 1. The molecule has 2 rings (SSSR count). The lowest BCUT2D eigenvalue weighted by Crippen LogP contribution is -2.38. The van der Waals surface area contributed by atoms with Crippen LogP contribution in [0.25, 0.3) is 0 Å². The average Bonchev–Trinajstić information content (AvgIpc) is 2.65. The van der Waals surface area contributed by atoms with Gasteiger partial charge in [-0.2, -0.15) is 0 Å². The molecule has 0 aromatic carbocycles. The van der Waals surface area contributed by atoms with Crippen molar-refractivity contribution in [2.75, 3.05) is 31.9 Å². The Kier molecular flexibility index (Phi) is 3.98. The average molecular weight is 266 g/mol. The SMILES string of the molecule is CC(=O)N1CCCN(C(=O)Cn2cnc(N)n2)CC1. The highest BCUT2D eigenvalue weighted by Gasteiger charge is 2.20. The van der Waals surface area contributed by atoms with E-state index in [1.807, 2.05) is 0 Å². The van der Waals surface area contributed by atoms with E-state index in [0.29, 0.717) is 26.2 Å². The zero-order valence-corrected chi connectivity index (χ0v) is 10.9. The van der Waals surface area contributed by atoms with E-state index in [1.54, 1.807) is 16.7 Å². The van der Waals surface area contributed by atoms with Crippen molar-refractivity contribution < 1.29 is 9.59 Å². The number of nitrogen functional groups attached to an aromatic ring is 1. The van der Waals surface area contributed by atoms with Gasteiger partial charge in [-0.05, 0) is 6.42 Å². The van der Waals surface area contributed by atoms with Gasteiger partial charge in [0.15, 0.2) is 0 Å². The lowest BCUT2D eigenvalue weighted by Gasteiger charge is -2.21. The monoisotopic (exact) mass is 266 g/mol. The van der Waals surface area contributed by atoms with Crippen LogP contribution < -0.4 is 5.73 Å². The van der Waals surface area contributed by atoms with E-state index in [2.05, 4.69) is 10.1 Å². The van der Waals surface area contributed by atoms with Crippen molar-refractivity contribution in [3.8, 4) is 0 Å². The molecule has 0 unspecified atom stereocenters. The molecule has 1 aromatic heterocycles. The molecule has 1 aromatic rings. The number of anilines is 1. The van der Waals surface area contributed by atoms with E-state index in [-0.39, 0.29) is 24.3 Å². The molecular weight excluding hydrogens is 248 g/mol. The van der Waals surface area contributed by atoms with Crippen LogP contribution in [0.5, 0.6) is 0 Å². The Balaban J connectivity index is 1.91. The molecule has 1 saturated heterocycles. The molecule has 8 nitrogen and oxygen atoms in total. The van der Waals surface area contributed by atoms with Crippen LogP contribution in [0.1, 0.15) is 13.3 Å². The van der Waals surface area contributed by atoms with Gasteiger partial charge in [0, 0.05) is 33.1 Å². The lowest BCUT2D eigenvalue weighted by molar-refractivity contribution is -0.133. The minimum atomic E-state index is -0.0321. The molecule has 2 N–H and O–H groups in total. The Morgan fingerprint density at radius 1 is 1.26 bits per heavy atom.